The summed E-state index contributed by atoms with van der Waals surface area (Å²) in [5.74, 6) is 0.689. The van der Waals surface area contributed by atoms with Crippen molar-refractivity contribution < 1.29 is 9.94 Å². The third-order valence-electron chi connectivity index (χ3n) is 3.34. The summed E-state index contributed by atoms with van der Waals surface area (Å²) >= 11 is 6.41. The Morgan fingerprint density at radius 3 is 2.82 bits per heavy atom. The van der Waals surface area contributed by atoms with Gasteiger partial charge in [-0.2, -0.15) is 0 Å². The minimum atomic E-state index is 0.357. The summed E-state index contributed by atoms with van der Waals surface area (Å²) in [7, 11) is 1.62. The zero-order chi connectivity index (χ0) is 12.3. The minimum absolute atomic E-state index is 0.357. The van der Waals surface area contributed by atoms with Gasteiger partial charge in [-0.1, -0.05) is 24.1 Å². The molecule has 0 saturated heterocycles. The number of hydrogen-bond acceptors (Lipinski definition) is 3. The summed E-state index contributed by atoms with van der Waals surface area (Å²) in [6.45, 7) is 0.357. The fourth-order valence-corrected chi connectivity index (χ4v) is 2.92. The third-order valence-corrected chi connectivity index (χ3v) is 3.74. The van der Waals surface area contributed by atoms with E-state index in [0.717, 1.165) is 23.4 Å². The van der Waals surface area contributed by atoms with Gasteiger partial charge in [-0.25, -0.2) is 5.48 Å². The molecule has 94 valence electrons. The molecular weight excluding hydrogens is 238 g/mol. The van der Waals surface area contributed by atoms with Crippen LogP contribution in [0.15, 0.2) is 6.07 Å². The fourth-order valence-electron chi connectivity index (χ4n) is 2.51. The summed E-state index contributed by atoms with van der Waals surface area (Å²) in [6, 6.07) is 2.11. The number of halogens is 1. The van der Waals surface area contributed by atoms with Gasteiger partial charge in [-0.3, -0.25) is 0 Å². The highest BCUT2D eigenvalue weighted by atomic mass is 35.5. The molecule has 0 aliphatic heterocycles. The van der Waals surface area contributed by atoms with Gasteiger partial charge in [0.25, 0.3) is 0 Å². The molecule has 17 heavy (non-hydrogen) atoms. The van der Waals surface area contributed by atoms with Crippen molar-refractivity contribution >= 4 is 11.6 Å². The van der Waals surface area contributed by atoms with Crippen molar-refractivity contribution in [2.75, 3.05) is 7.11 Å². The standard InChI is InChI=1S/C13H18ClNO2/c1-17-13-10(8-15-16)7-9-5-3-2-4-6-11(9)12(13)14/h7,15-16H,2-6,8H2,1H3. The van der Waals surface area contributed by atoms with Gasteiger partial charge in [0, 0.05) is 12.1 Å². The van der Waals surface area contributed by atoms with Crippen LogP contribution in [0.25, 0.3) is 0 Å². The normalized spacial score (nSPS) is 15.2. The summed E-state index contributed by atoms with van der Waals surface area (Å²) in [5.41, 5.74) is 5.62. The summed E-state index contributed by atoms with van der Waals surface area (Å²) in [5, 5.41) is 9.56. The van der Waals surface area contributed by atoms with Crippen LogP contribution in [0.5, 0.6) is 5.75 Å². The molecule has 0 unspecified atom stereocenters. The molecular formula is C13H18ClNO2. The maximum Gasteiger partial charge on any atom is 0.142 e. The van der Waals surface area contributed by atoms with Gasteiger partial charge in [0.2, 0.25) is 0 Å². The lowest BCUT2D eigenvalue weighted by atomic mass is 9.99. The van der Waals surface area contributed by atoms with Crippen molar-refractivity contribution in [2.45, 2.75) is 38.6 Å². The van der Waals surface area contributed by atoms with Gasteiger partial charge < -0.3 is 9.94 Å². The third kappa shape index (κ3) is 2.57. The molecule has 2 rings (SSSR count). The van der Waals surface area contributed by atoms with Crippen LogP contribution in [0.4, 0.5) is 0 Å². The predicted molar refractivity (Wildman–Crippen MR) is 67.9 cm³/mol. The molecule has 1 aliphatic rings. The molecule has 0 amide bonds. The number of benzene rings is 1. The van der Waals surface area contributed by atoms with E-state index >= 15 is 0 Å². The van der Waals surface area contributed by atoms with Crippen molar-refractivity contribution in [2.24, 2.45) is 0 Å². The molecule has 0 aromatic heterocycles. The van der Waals surface area contributed by atoms with Gasteiger partial charge in [0.1, 0.15) is 5.75 Å². The fraction of sp³-hybridized carbons (Fsp3) is 0.538. The van der Waals surface area contributed by atoms with Crippen LogP contribution in [-0.4, -0.2) is 12.3 Å². The van der Waals surface area contributed by atoms with Gasteiger partial charge in [0.05, 0.1) is 12.1 Å². The van der Waals surface area contributed by atoms with Gasteiger partial charge in [-0.05, 0) is 36.8 Å². The Balaban J connectivity index is 2.49. The average molecular weight is 256 g/mol. The maximum atomic E-state index is 8.84. The van der Waals surface area contributed by atoms with E-state index in [2.05, 4.69) is 11.5 Å². The van der Waals surface area contributed by atoms with Crippen LogP contribution in [-0.2, 0) is 19.4 Å². The number of fused-ring (bicyclic) bond motifs is 1. The molecule has 1 aromatic carbocycles. The van der Waals surface area contributed by atoms with Gasteiger partial charge >= 0.3 is 0 Å². The quantitative estimate of drug-likeness (QED) is 0.644. The lowest BCUT2D eigenvalue weighted by Crippen LogP contribution is -2.09. The van der Waals surface area contributed by atoms with Crippen molar-refractivity contribution in [3.63, 3.8) is 0 Å². The second-order valence-corrected chi connectivity index (χ2v) is 4.79. The highest BCUT2D eigenvalue weighted by Gasteiger charge is 2.18. The average Bonchev–Trinajstić information content (AvgIpc) is 2.55. The zero-order valence-corrected chi connectivity index (χ0v) is 10.8. The smallest absolute Gasteiger partial charge is 0.142 e. The van der Waals surface area contributed by atoms with Crippen LogP contribution in [0.2, 0.25) is 5.02 Å². The van der Waals surface area contributed by atoms with Crippen molar-refractivity contribution in [1.82, 2.24) is 5.48 Å². The Bertz CT molecular complexity index is 406. The van der Waals surface area contributed by atoms with Crippen LogP contribution >= 0.6 is 11.6 Å². The largest absolute Gasteiger partial charge is 0.495 e. The lowest BCUT2D eigenvalue weighted by molar-refractivity contribution is 0.160. The highest BCUT2D eigenvalue weighted by molar-refractivity contribution is 6.33. The number of hydrogen-bond donors (Lipinski definition) is 2. The van der Waals surface area contributed by atoms with Crippen LogP contribution < -0.4 is 10.2 Å². The minimum Gasteiger partial charge on any atom is -0.495 e. The Morgan fingerprint density at radius 2 is 2.12 bits per heavy atom. The summed E-state index contributed by atoms with van der Waals surface area (Å²) < 4.78 is 5.35. The van der Waals surface area contributed by atoms with Crippen LogP contribution in [0.1, 0.15) is 36.0 Å². The van der Waals surface area contributed by atoms with Crippen molar-refractivity contribution in [3.05, 3.63) is 27.8 Å². The van der Waals surface area contributed by atoms with E-state index in [-0.39, 0.29) is 0 Å². The van der Waals surface area contributed by atoms with E-state index in [9.17, 15) is 0 Å². The van der Waals surface area contributed by atoms with E-state index in [0.29, 0.717) is 12.3 Å². The maximum absolute atomic E-state index is 8.84. The van der Waals surface area contributed by atoms with E-state index in [1.54, 1.807) is 7.11 Å². The first-order valence-corrected chi connectivity index (χ1v) is 6.39. The van der Waals surface area contributed by atoms with E-state index in [4.69, 9.17) is 21.5 Å². The molecule has 0 bridgehead atoms. The molecule has 0 heterocycles. The molecule has 0 spiro atoms. The molecule has 1 aliphatic carbocycles. The number of methoxy groups -OCH3 is 1. The van der Waals surface area contributed by atoms with Crippen molar-refractivity contribution in [1.29, 1.82) is 0 Å². The first-order chi connectivity index (χ1) is 8.27. The van der Waals surface area contributed by atoms with E-state index in [1.165, 1.54) is 30.4 Å². The topological polar surface area (TPSA) is 41.5 Å². The summed E-state index contributed by atoms with van der Waals surface area (Å²) in [4.78, 5) is 0. The Morgan fingerprint density at radius 1 is 1.35 bits per heavy atom. The first-order valence-electron chi connectivity index (χ1n) is 6.02. The second kappa shape index (κ2) is 5.71. The predicted octanol–water partition coefficient (Wildman–Crippen LogP) is 3.10. The molecule has 0 atom stereocenters. The monoisotopic (exact) mass is 255 g/mol. The van der Waals surface area contributed by atoms with E-state index < -0.39 is 0 Å². The molecule has 1 aromatic rings. The van der Waals surface area contributed by atoms with Crippen LogP contribution in [0, 0.1) is 0 Å². The molecule has 0 radical (unpaired) electrons. The molecule has 2 N–H and O–H groups in total. The van der Waals surface area contributed by atoms with E-state index in [1.807, 2.05) is 0 Å². The zero-order valence-electron chi connectivity index (χ0n) is 10.1. The Labute approximate surface area is 107 Å². The van der Waals surface area contributed by atoms with Gasteiger partial charge in [0.15, 0.2) is 0 Å². The number of aryl methyl sites for hydroxylation is 1. The number of hydroxylamine groups is 1. The molecule has 0 saturated carbocycles. The number of nitrogens with one attached hydrogen (secondary N) is 1. The number of ether oxygens (including phenoxy) is 1. The summed E-state index contributed by atoms with van der Waals surface area (Å²) in [6.07, 6.45) is 5.74. The van der Waals surface area contributed by atoms with Crippen LogP contribution in [0.3, 0.4) is 0 Å². The highest BCUT2D eigenvalue weighted by Crippen LogP contribution is 2.37. The molecule has 3 nitrogen and oxygen atoms in total. The van der Waals surface area contributed by atoms with Crippen molar-refractivity contribution in [3.8, 4) is 5.75 Å². The first kappa shape index (κ1) is 12.7. The lowest BCUT2D eigenvalue weighted by Gasteiger charge is -2.16. The SMILES string of the molecule is COc1c(CNO)cc2c(c1Cl)CCCCC2. The Kier molecular flexibility index (Phi) is 4.26. The van der Waals surface area contributed by atoms with Gasteiger partial charge in [-0.15, -0.1) is 0 Å². The Hall–Kier alpha value is -0.770. The second-order valence-electron chi connectivity index (χ2n) is 4.42. The number of rotatable bonds is 3. The molecule has 0 fully saturated rings. The molecule has 4 heteroatoms.